The van der Waals surface area contributed by atoms with Crippen LogP contribution in [0.4, 0.5) is 17.6 Å². The Morgan fingerprint density at radius 3 is 2.61 bits per heavy atom. The lowest BCUT2D eigenvalue weighted by atomic mass is 10.1. The third kappa shape index (κ3) is 4.82. The SMILES string of the molecule is Cc1nc(-c2ccc(C(F)(F)F)c(F)c2)sc1COc1cc(C)c2oc(CC(=O)O)nc2c1. The smallest absolute Gasteiger partial charge is 0.419 e. The molecule has 4 aromatic rings. The highest BCUT2D eigenvalue weighted by molar-refractivity contribution is 7.15. The number of benzene rings is 2. The van der Waals surface area contributed by atoms with Gasteiger partial charge in [0.2, 0.25) is 5.89 Å². The van der Waals surface area contributed by atoms with Gasteiger partial charge in [0.1, 0.15) is 35.1 Å². The third-order valence-electron chi connectivity index (χ3n) is 4.78. The molecule has 0 bridgehead atoms. The number of ether oxygens (including phenoxy) is 1. The average Bonchev–Trinajstić information content (AvgIpc) is 3.28. The molecule has 0 aliphatic carbocycles. The minimum atomic E-state index is -4.77. The summed E-state index contributed by atoms with van der Waals surface area (Å²) in [4.78, 5) is 20.1. The van der Waals surface area contributed by atoms with E-state index in [0.717, 1.165) is 10.9 Å². The van der Waals surface area contributed by atoms with Crippen molar-refractivity contribution < 1.29 is 36.6 Å². The van der Waals surface area contributed by atoms with Gasteiger partial charge in [-0.2, -0.15) is 13.2 Å². The van der Waals surface area contributed by atoms with Crippen molar-refractivity contribution in [2.75, 3.05) is 0 Å². The van der Waals surface area contributed by atoms with Crippen LogP contribution >= 0.6 is 11.3 Å². The molecule has 6 nitrogen and oxygen atoms in total. The van der Waals surface area contributed by atoms with Crippen LogP contribution in [0.5, 0.6) is 5.75 Å². The predicted octanol–water partition coefficient (Wildman–Crippen LogP) is 5.93. The number of hydrogen-bond acceptors (Lipinski definition) is 6. The summed E-state index contributed by atoms with van der Waals surface area (Å²) < 4.78 is 63.6. The summed E-state index contributed by atoms with van der Waals surface area (Å²) in [5, 5.41) is 9.28. The molecular weight excluding hydrogens is 464 g/mol. The van der Waals surface area contributed by atoms with Gasteiger partial charge >= 0.3 is 12.1 Å². The van der Waals surface area contributed by atoms with Gasteiger partial charge in [0.25, 0.3) is 0 Å². The highest BCUT2D eigenvalue weighted by atomic mass is 32.1. The summed E-state index contributed by atoms with van der Waals surface area (Å²) in [5.41, 5.74) is 1.17. The number of fused-ring (bicyclic) bond motifs is 1. The monoisotopic (exact) mass is 480 g/mol. The number of aromatic nitrogens is 2. The number of carboxylic acid groups (broad SMARTS) is 1. The van der Waals surface area contributed by atoms with Gasteiger partial charge < -0.3 is 14.3 Å². The number of aryl methyl sites for hydroxylation is 2. The van der Waals surface area contributed by atoms with Crippen LogP contribution in [0.1, 0.15) is 27.6 Å². The molecule has 0 aliphatic heterocycles. The first-order valence-corrected chi connectivity index (χ1v) is 10.4. The second-order valence-corrected chi connectivity index (χ2v) is 8.36. The molecule has 0 amide bonds. The van der Waals surface area contributed by atoms with Crippen molar-refractivity contribution in [3.63, 3.8) is 0 Å². The minimum Gasteiger partial charge on any atom is -0.488 e. The van der Waals surface area contributed by atoms with E-state index in [9.17, 15) is 22.4 Å². The maximum absolute atomic E-state index is 13.9. The van der Waals surface area contributed by atoms with E-state index in [1.165, 1.54) is 17.4 Å². The second kappa shape index (κ2) is 8.47. The Bertz CT molecular complexity index is 1360. The van der Waals surface area contributed by atoms with Crippen LogP contribution in [-0.4, -0.2) is 21.0 Å². The predicted molar refractivity (Wildman–Crippen MR) is 112 cm³/mol. The number of carbonyl (C=O) groups is 1. The standard InChI is InChI=1S/C22H16F4N2O4S/c1-10-5-13(7-16-20(10)32-18(28-16)8-19(29)30)31-9-17-11(2)27-21(33-17)12-3-4-14(15(23)6-12)22(24,25)26/h3-7H,8-9H2,1-2H3,(H,29,30). The third-order valence-corrected chi connectivity index (χ3v) is 5.96. The van der Waals surface area contributed by atoms with E-state index in [1.54, 1.807) is 26.0 Å². The number of carboxylic acids is 1. The average molecular weight is 480 g/mol. The molecule has 33 heavy (non-hydrogen) atoms. The van der Waals surface area contributed by atoms with E-state index in [-0.39, 0.29) is 24.5 Å². The summed E-state index contributed by atoms with van der Waals surface area (Å²) in [5.74, 6) is -1.85. The van der Waals surface area contributed by atoms with Gasteiger partial charge in [0.15, 0.2) is 5.58 Å². The highest BCUT2D eigenvalue weighted by Gasteiger charge is 2.34. The van der Waals surface area contributed by atoms with Gasteiger partial charge in [0, 0.05) is 11.6 Å². The van der Waals surface area contributed by atoms with Crippen molar-refractivity contribution in [1.82, 2.24) is 9.97 Å². The van der Waals surface area contributed by atoms with Gasteiger partial charge in [0.05, 0.1) is 16.1 Å². The van der Waals surface area contributed by atoms with E-state index >= 15 is 0 Å². The Kier molecular flexibility index (Phi) is 5.83. The summed E-state index contributed by atoms with van der Waals surface area (Å²) in [6.45, 7) is 3.63. The van der Waals surface area contributed by atoms with E-state index < -0.39 is 23.5 Å². The number of nitrogens with zero attached hydrogens (tertiary/aromatic N) is 2. The van der Waals surface area contributed by atoms with Crippen LogP contribution in [0.3, 0.4) is 0 Å². The first-order valence-electron chi connectivity index (χ1n) is 9.59. The molecule has 2 aromatic heterocycles. The molecule has 1 N–H and O–H groups in total. The topological polar surface area (TPSA) is 85.5 Å². The molecule has 0 spiro atoms. The lowest BCUT2D eigenvalue weighted by Gasteiger charge is -2.08. The van der Waals surface area contributed by atoms with Crippen LogP contribution in [0.15, 0.2) is 34.7 Å². The van der Waals surface area contributed by atoms with Gasteiger partial charge in [-0.05, 0) is 37.6 Å². The van der Waals surface area contributed by atoms with Crippen molar-refractivity contribution in [2.45, 2.75) is 33.1 Å². The Morgan fingerprint density at radius 1 is 1.18 bits per heavy atom. The number of halogens is 4. The Balaban J connectivity index is 1.53. The maximum atomic E-state index is 13.9. The second-order valence-electron chi connectivity index (χ2n) is 7.28. The lowest BCUT2D eigenvalue weighted by Crippen LogP contribution is -2.07. The van der Waals surface area contributed by atoms with E-state index in [0.29, 0.717) is 39.2 Å². The Hall–Kier alpha value is -3.47. The molecule has 0 aliphatic rings. The van der Waals surface area contributed by atoms with Crippen molar-refractivity contribution in [3.05, 3.63) is 63.7 Å². The maximum Gasteiger partial charge on any atom is 0.419 e. The van der Waals surface area contributed by atoms with Crippen LogP contribution < -0.4 is 4.74 Å². The van der Waals surface area contributed by atoms with Gasteiger partial charge in [-0.25, -0.2) is 14.4 Å². The van der Waals surface area contributed by atoms with Crippen LogP contribution in [-0.2, 0) is 24.0 Å². The fraction of sp³-hybridized carbons (Fsp3) is 0.227. The summed E-state index contributed by atoms with van der Waals surface area (Å²) >= 11 is 1.19. The number of hydrogen-bond donors (Lipinski definition) is 1. The molecular formula is C22H16F4N2O4S. The highest BCUT2D eigenvalue weighted by Crippen LogP contribution is 2.35. The number of oxazole rings is 1. The minimum absolute atomic E-state index is 0.0875. The number of thiazole rings is 1. The number of rotatable bonds is 6. The first kappa shape index (κ1) is 22.7. The number of alkyl halides is 3. The Morgan fingerprint density at radius 2 is 1.94 bits per heavy atom. The molecule has 0 fully saturated rings. The molecule has 0 radical (unpaired) electrons. The zero-order chi connectivity index (χ0) is 23.9. The zero-order valence-electron chi connectivity index (χ0n) is 17.3. The normalized spacial score (nSPS) is 11.8. The largest absolute Gasteiger partial charge is 0.488 e. The first-order chi connectivity index (χ1) is 15.5. The fourth-order valence-corrected chi connectivity index (χ4v) is 4.19. The summed E-state index contributed by atoms with van der Waals surface area (Å²) in [7, 11) is 0. The molecule has 172 valence electrons. The van der Waals surface area contributed by atoms with Crippen molar-refractivity contribution in [3.8, 4) is 16.3 Å². The Labute approximate surface area is 188 Å². The van der Waals surface area contributed by atoms with Gasteiger partial charge in [-0.1, -0.05) is 6.07 Å². The van der Waals surface area contributed by atoms with Crippen molar-refractivity contribution in [2.24, 2.45) is 0 Å². The molecule has 11 heteroatoms. The van der Waals surface area contributed by atoms with Crippen LogP contribution in [0.2, 0.25) is 0 Å². The molecule has 0 unspecified atom stereocenters. The fourth-order valence-electron chi connectivity index (χ4n) is 3.21. The van der Waals surface area contributed by atoms with Gasteiger partial charge in [-0.3, -0.25) is 4.79 Å². The quantitative estimate of drug-likeness (QED) is 0.344. The molecule has 0 atom stereocenters. The molecule has 4 rings (SSSR count). The van der Waals surface area contributed by atoms with Crippen molar-refractivity contribution >= 4 is 28.4 Å². The van der Waals surface area contributed by atoms with Gasteiger partial charge in [-0.15, -0.1) is 11.3 Å². The molecule has 0 saturated carbocycles. The molecule has 2 heterocycles. The molecule has 0 saturated heterocycles. The zero-order valence-corrected chi connectivity index (χ0v) is 18.1. The van der Waals surface area contributed by atoms with E-state index in [1.807, 2.05) is 0 Å². The van der Waals surface area contributed by atoms with E-state index in [4.69, 9.17) is 14.3 Å². The lowest BCUT2D eigenvalue weighted by molar-refractivity contribution is -0.140. The molecule has 2 aromatic carbocycles. The summed E-state index contributed by atoms with van der Waals surface area (Å²) in [6, 6.07) is 6.06. The van der Waals surface area contributed by atoms with Crippen molar-refractivity contribution in [1.29, 1.82) is 0 Å². The van der Waals surface area contributed by atoms with Crippen LogP contribution in [0.25, 0.3) is 21.7 Å². The summed E-state index contributed by atoms with van der Waals surface area (Å²) in [6.07, 6.45) is -5.10. The number of aliphatic carboxylic acids is 1. The van der Waals surface area contributed by atoms with E-state index in [2.05, 4.69) is 9.97 Å². The van der Waals surface area contributed by atoms with Crippen LogP contribution in [0, 0.1) is 19.7 Å².